The largest absolute Gasteiger partial charge is 0.444 e. The van der Waals surface area contributed by atoms with E-state index in [1.165, 1.54) is 18.2 Å². The summed E-state index contributed by atoms with van der Waals surface area (Å²) in [6.07, 6.45) is 3.11. The average molecular weight is 572 g/mol. The molecule has 0 spiro atoms. The monoisotopic (exact) mass is 571 g/mol. The summed E-state index contributed by atoms with van der Waals surface area (Å²) >= 11 is 0. The van der Waals surface area contributed by atoms with Crippen molar-refractivity contribution in [3.8, 4) is 0 Å². The Morgan fingerprint density at radius 1 is 0.872 bits per heavy atom. The molecule has 220 valence electrons. The Morgan fingerprint density at radius 2 is 1.36 bits per heavy atom. The Hall–Kier alpha value is -3.26. The summed E-state index contributed by atoms with van der Waals surface area (Å²) in [7, 11) is -3.97. The predicted octanol–water partition coefficient (Wildman–Crippen LogP) is 4.62. The van der Waals surface area contributed by atoms with E-state index < -0.39 is 44.0 Å². The molecular formula is C25H41N5O8S. The number of guanidine groups is 1. The van der Waals surface area contributed by atoms with Crippen molar-refractivity contribution in [3.63, 3.8) is 0 Å². The van der Waals surface area contributed by atoms with Gasteiger partial charge in [0.1, 0.15) is 11.2 Å². The summed E-state index contributed by atoms with van der Waals surface area (Å²) in [5, 5.41) is 15.9. The minimum atomic E-state index is -3.97. The van der Waals surface area contributed by atoms with Crippen LogP contribution < -0.4 is 15.4 Å². The van der Waals surface area contributed by atoms with Gasteiger partial charge in [0, 0.05) is 19.2 Å². The van der Waals surface area contributed by atoms with Crippen molar-refractivity contribution < 1.29 is 32.4 Å². The van der Waals surface area contributed by atoms with Crippen LogP contribution in [-0.2, 0) is 19.5 Å². The van der Waals surface area contributed by atoms with Gasteiger partial charge in [0.2, 0.25) is 16.0 Å². The number of nitro benzene ring substituents is 1. The Balaban J connectivity index is 2.43. The number of rotatable bonds is 12. The standard InChI is InChI=1S/C25H41N5O8S/c1-24(2,3)37-22(31)28-21(29-23(32)38-25(4,5)6)26-17-13-9-7-8-10-14-18-27-39(35,36)20-16-12-11-15-19(20)30(33)34/h11-12,15-16,27H,7-10,13-14,17-18H2,1-6H3,(H2,26,28,29,31,32). The molecule has 14 heteroatoms. The first-order valence-corrected chi connectivity index (χ1v) is 14.3. The number of ether oxygens (including phenoxy) is 2. The summed E-state index contributed by atoms with van der Waals surface area (Å²) in [5.74, 6) is -0.0653. The second-order valence-corrected chi connectivity index (χ2v) is 12.5. The number of unbranched alkanes of at least 4 members (excludes halogenated alkanes) is 5. The number of nitrogens with one attached hydrogen (secondary N) is 3. The highest BCUT2D eigenvalue weighted by Gasteiger charge is 2.24. The van der Waals surface area contributed by atoms with Crippen LogP contribution in [0.25, 0.3) is 0 Å². The molecule has 1 aromatic carbocycles. The van der Waals surface area contributed by atoms with Crippen molar-refractivity contribution >= 4 is 33.9 Å². The van der Waals surface area contributed by atoms with Crippen LogP contribution in [0.2, 0.25) is 0 Å². The number of alkyl carbamates (subject to hydrolysis) is 2. The van der Waals surface area contributed by atoms with E-state index in [1.54, 1.807) is 41.5 Å². The number of hydrogen-bond donors (Lipinski definition) is 3. The van der Waals surface area contributed by atoms with Crippen molar-refractivity contribution in [3.05, 3.63) is 34.4 Å². The van der Waals surface area contributed by atoms with E-state index in [9.17, 15) is 28.1 Å². The van der Waals surface area contributed by atoms with Crippen LogP contribution in [0.5, 0.6) is 0 Å². The van der Waals surface area contributed by atoms with E-state index in [2.05, 4.69) is 20.3 Å². The maximum absolute atomic E-state index is 12.4. The van der Waals surface area contributed by atoms with Gasteiger partial charge >= 0.3 is 12.2 Å². The summed E-state index contributed by atoms with van der Waals surface area (Å²) in [4.78, 5) is 38.5. The fourth-order valence-corrected chi connectivity index (χ4v) is 4.41. The molecule has 1 aromatic rings. The molecule has 0 aliphatic rings. The number of nitro groups is 1. The van der Waals surface area contributed by atoms with Crippen molar-refractivity contribution in [1.82, 2.24) is 15.4 Å². The van der Waals surface area contributed by atoms with Gasteiger partial charge in [-0.25, -0.2) is 22.7 Å². The lowest BCUT2D eigenvalue weighted by atomic mass is 10.1. The van der Waals surface area contributed by atoms with Crippen molar-refractivity contribution in [2.24, 2.45) is 4.99 Å². The van der Waals surface area contributed by atoms with E-state index in [0.717, 1.165) is 31.7 Å². The second-order valence-electron chi connectivity index (χ2n) is 10.7. The molecule has 0 radical (unpaired) electrons. The van der Waals surface area contributed by atoms with Crippen LogP contribution >= 0.6 is 0 Å². The van der Waals surface area contributed by atoms with Gasteiger partial charge in [-0.15, -0.1) is 0 Å². The number of para-hydroxylation sites is 1. The topological polar surface area (TPSA) is 178 Å². The molecule has 0 saturated heterocycles. The van der Waals surface area contributed by atoms with Gasteiger partial charge in [-0.3, -0.25) is 25.7 Å². The molecule has 0 aliphatic heterocycles. The molecule has 0 aromatic heterocycles. The van der Waals surface area contributed by atoms with Crippen LogP contribution in [0.3, 0.4) is 0 Å². The van der Waals surface area contributed by atoms with E-state index >= 15 is 0 Å². The molecule has 0 heterocycles. The fourth-order valence-electron chi connectivity index (χ4n) is 3.17. The molecule has 1 rings (SSSR count). The minimum absolute atomic E-state index is 0.0653. The normalized spacial score (nSPS) is 11.8. The lowest BCUT2D eigenvalue weighted by Crippen LogP contribution is -2.47. The molecule has 3 N–H and O–H groups in total. The summed E-state index contributed by atoms with van der Waals surface area (Å²) in [5.41, 5.74) is -1.90. The van der Waals surface area contributed by atoms with Crippen molar-refractivity contribution in [1.29, 1.82) is 0 Å². The van der Waals surface area contributed by atoms with Gasteiger partial charge in [0.15, 0.2) is 4.90 Å². The third-order valence-electron chi connectivity index (χ3n) is 4.74. The Labute approximate surface area is 230 Å². The molecule has 0 bridgehead atoms. The Bertz CT molecular complexity index is 1080. The quantitative estimate of drug-likeness (QED) is 0.107. The van der Waals surface area contributed by atoms with E-state index in [1.807, 2.05) is 0 Å². The summed E-state index contributed by atoms with van der Waals surface area (Å²) in [6.45, 7) is 10.8. The lowest BCUT2D eigenvalue weighted by molar-refractivity contribution is -0.387. The third-order valence-corrected chi connectivity index (χ3v) is 6.25. The molecule has 0 fully saturated rings. The zero-order valence-corrected chi connectivity index (χ0v) is 24.4. The lowest BCUT2D eigenvalue weighted by Gasteiger charge is -2.22. The maximum Gasteiger partial charge on any atom is 0.414 e. The van der Waals surface area contributed by atoms with Crippen molar-refractivity contribution in [2.75, 3.05) is 13.1 Å². The highest BCUT2D eigenvalue weighted by Crippen LogP contribution is 2.22. The van der Waals surface area contributed by atoms with E-state index in [4.69, 9.17) is 9.47 Å². The number of hydrogen-bond acceptors (Lipinski definition) is 9. The first kappa shape index (κ1) is 33.8. The van der Waals surface area contributed by atoms with Gasteiger partial charge in [-0.1, -0.05) is 37.8 Å². The van der Waals surface area contributed by atoms with Gasteiger partial charge in [0.05, 0.1) is 4.92 Å². The van der Waals surface area contributed by atoms with Crippen LogP contribution in [0.4, 0.5) is 15.3 Å². The van der Waals surface area contributed by atoms with Gasteiger partial charge in [0.25, 0.3) is 5.69 Å². The maximum atomic E-state index is 12.4. The molecule has 0 unspecified atom stereocenters. The molecule has 39 heavy (non-hydrogen) atoms. The number of nitrogens with zero attached hydrogens (tertiary/aromatic N) is 2. The zero-order chi connectivity index (χ0) is 29.7. The van der Waals surface area contributed by atoms with Crippen LogP contribution in [0.1, 0.15) is 80.1 Å². The molecule has 2 amide bonds. The van der Waals surface area contributed by atoms with Gasteiger partial charge in [-0.2, -0.15) is 0 Å². The van der Waals surface area contributed by atoms with Crippen LogP contribution in [0, 0.1) is 10.1 Å². The zero-order valence-electron chi connectivity index (χ0n) is 23.5. The minimum Gasteiger partial charge on any atom is -0.444 e. The highest BCUT2D eigenvalue weighted by molar-refractivity contribution is 7.89. The second kappa shape index (κ2) is 15.4. The molecule has 13 nitrogen and oxygen atoms in total. The Morgan fingerprint density at radius 3 is 1.87 bits per heavy atom. The number of carbonyl (C=O) groups excluding carboxylic acids is 2. The van der Waals surface area contributed by atoms with Crippen LogP contribution in [-0.4, -0.2) is 55.8 Å². The van der Waals surface area contributed by atoms with E-state index in [0.29, 0.717) is 19.4 Å². The first-order chi connectivity index (χ1) is 18.0. The predicted molar refractivity (Wildman–Crippen MR) is 147 cm³/mol. The molecule has 0 saturated carbocycles. The van der Waals surface area contributed by atoms with E-state index in [-0.39, 0.29) is 17.4 Å². The number of benzene rings is 1. The number of sulfonamides is 1. The van der Waals surface area contributed by atoms with Crippen molar-refractivity contribution in [2.45, 2.75) is 96.2 Å². The smallest absolute Gasteiger partial charge is 0.414 e. The Kier molecular flexibility index (Phi) is 13.3. The first-order valence-electron chi connectivity index (χ1n) is 12.8. The average Bonchev–Trinajstić information content (AvgIpc) is 2.77. The van der Waals surface area contributed by atoms with Gasteiger partial charge < -0.3 is 9.47 Å². The number of carbonyl (C=O) groups is 2. The molecule has 0 aliphatic carbocycles. The van der Waals surface area contributed by atoms with Crippen LogP contribution in [0.15, 0.2) is 34.2 Å². The SMILES string of the molecule is CC(C)(C)OC(=O)NC(=NCCCCCCCCNS(=O)(=O)c1ccccc1[N+](=O)[O-])NC(=O)OC(C)(C)C. The number of amides is 2. The molecular weight excluding hydrogens is 530 g/mol. The molecule has 0 atom stereocenters. The highest BCUT2D eigenvalue weighted by atomic mass is 32.2. The number of aliphatic imine (C=N–C) groups is 1. The third kappa shape index (κ3) is 15.1. The fraction of sp³-hybridized carbons (Fsp3) is 0.640. The summed E-state index contributed by atoms with van der Waals surface area (Å²) < 4.78 is 37.6. The summed E-state index contributed by atoms with van der Waals surface area (Å²) in [6, 6.07) is 5.22. The van der Waals surface area contributed by atoms with Gasteiger partial charge in [-0.05, 0) is 60.5 Å².